The number of aliphatic carboxylic acids is 1. The molecule has 0 amide bonds. The number of carbonyl (C=O) groups is 1. The average Bonchev–Trinajstić information content (AvgIpc) is 2.46. The summed E-state index contributed by atoms with van der Waals surface area (Å²) in [4.78, 5) is 11.9. The summed E-state index contributed by atoms with van der Waals surface area (Å²) < 4.78 is 10.8. The highest BCUT2D eigenvalue weighted by Gasteiger charge is 2.41. The molecule has 0 fully saturated rings. The first kappa shape index (κ1) is 17.6. The van der Waals surface area contributed by atoms with Gasteiger partial charge in [0.05, 0.1) is 19.8 Å². The van der Waals surface area contributed by atoms with Gasteiger partial charge in [-0.3, -0.25) is 5.32 Å². The summed E-state index contributed by atoms with van der Waals surface area (Å²) in [5, 5.41) is 12.9. The van der Waals surface area contributed by atoms with Crippen molar-refractivity contribution in [1.29, 1.82) is 0 Å². The highest BCUT2D eigenvalue weighted by Crippen LogP contribution is 2.23. The first-order chi connectivity index (χ1) is 10.0. The molecule has 5 heteroatoms. The van der Waals surface area contributed by atoms with E-state index in [0.717, 1.165) is 0 Å². The standard InChI is InChI=1S/C16H25NO4/c1-4-20-10-11-21-12-16(15(18)19,17-13(2)3)14-8-6-5-7-9-14/h5-9,13,17H,4,10-12H2,1-3H3,(H,18,19). The summed E-state index contributed by atoms with van der Waals surface area (Å²) in [6.45, 7) is 7.25. The molecule has 1 aromatic carbocycles. The molecule has 0 aliphatic heterocycles. The largest absolute Gasteiger partial charge is 0.480 e. The lowest BCUT2D eigenvalue weighted by molar-refractivity contribution is -0.149. The van der Waals surface area contributed by atoms with Gasteiger partial charge in [0.1, 0.15) is 0 Å². The molecule has 1 rings (SSSR count). The zero-order chi connectivity index (χ0) is 15.7. The highest BCUT2D eigenvalue weighted by molar-refractivity contribution is 5.81. The second-order valence-electron chi connectivity index (χ2n) is 5.13. The van der Waals surface area contributed by atoms with Crippen molar-refractivity contribution in [3.63, 3.8) is 0 Å². The molecule has 21 heavy (non-hydrogen) atoms. The molecule has 0 bridgehead atoms. The van der Waals surface area contributed by atoms with Crippen LogP contribution in [0.25, 0.3) is 0 Å². The molecule has 0 saturated carbocycles. The van der Waals surface area contributed by atoms with Gasteiger partial charge in [-0.2, -0.15) is 0 Å². The Morgan fingerprint density at radius 2 is 1.86 bits per heavy atom. The lowest BCUT2D eigenvalue weighted by Gasteiger charge is -2.33. The van der Waals surface area contributed by atoms with Crippen LogP contribution in [-0.2, 0) is 19.8 Å². The van der Waals surface area contributed by atoms with E-state index in [9.17, 15) is 9.90 Å². The predicted octanol–water partition coefficient (Wildman–Crippen LogP) is 2.02. The number of carboxylic acids is 1. The molecular formula is C16H25NO4. The van der Waals surface area contributed by atoms with Crippen LogP contribution in [0.15, 0.2) is 30.3 Å². The normalized spacial score (nSPS) is 14.1. The maximum absolute atomic E-state index is 11.9. The molecule has 2 N–H and O–H groups in total. The summed E-state index contributed by atoms with van der Waals surface area (Å²) in [6, 6.07) is 9.13. The van der Waals surface area contributed by atoms with Crippen LogP contribution in [-0.4, -0.2) is 43.5 Å². The van der Waals surface area contributed by atoms with Crippen LogP contribution in [0.5, 0.6) is 0 Å². The topological polar surface area (TPSA) is 67.8 Å². The van der Waals surface area contributed by atoms with E-state index in [-0.39, 0.29) is 12.6 Å². The van der Waals surface area contributed by atoms with Crippen molar-refractivity contribution in [2.75, 3.05) is 26.4 Å². The van der Waals surface area contributed by atoms with Crippen molar-refractivity contribution in [3.05, 3.63) is 35.9 Å². The Morgan fingerprint density at radius 3 is 2.38 bits per heavy atom. The fourth-order valence-electron chi connectivity index (χ4n) is 2.16. The number of carboxylic acid groups (broad SMARTS) is 1. The van der Waals surface area contributed by atoms with Crippen LogP contribution < -0.4 is 5.32 Å². The van der Waals surface area contributed by atoms with Gasteiger partial charge in [-0.25, -0.2) is 4.79 Å². The predicted molar refractivity (Wildman–Crippen MR) is 81.3 cm³/mol. The molecule has 5 nitrogen and oxygen atoms in total. The second kappa shape index (κ2) is 8.77. The van der Waals surface area contributed by atoms with Crippen molar-refractivity contribution < 1.29 is 19.4 Å². The van der Waals surface area contributed by atoms with Crippen LogP contribution in [0.3, 0.4) is 0 Å². The number of benzene rings is 1. The van der Waals surface area contributed by atoms with Gasteiger partial charge in [0, 0.05) is 12.6 Å². The summed E-state index contributed by atoms with van der Waals surface area (Å²) in [5.74, 6) is -0.946. The summed E-state index contributed by atoms with van der Waals surface area (Å²) >= 11 is 0. The van der Waals surface area contributed by atoms with Gasteiger partial charge in [0.25, 0.3) is 0 Å². The molecule has 0 saturated heterocycles. The van der Waals surface area contributed by atoms with E-state index in [1.807, 2.05) is 39.0 Å². The fraction of sp³-hybridized carbons (Fsp3) is 0.562. The Morgan fingerprint density at radius 1 is 1.24 bits per heavy atom. The molecule has 1 aromatic rings. The van der Waals surface area contributed by atoms with Crippen LogP contribution >= 0.6 is 0 Å². The number of hydrogen-bond donors (Lipinski definition) is 2. The van der Waals surface area contributed by atoms with Crippen LogP contribution in [0.4, 0.5) is 0 Å². The minimum Gasteiger partial charge on any atom is -0.480 e. The van der Waals surface area contributed by atoms with Gasteiger partial charge in [0.2, 0.25) is 0 Å². The third kappa shape index (κ3) is 5.12. The quantitative estimate of drug-likeness (QED) is 0.646. The molecule has 0 aliphatic rings. The SMILES string of the molecule is CCOCCOCC(NC(C)C)(C(=O)O)c1ccccc1. The number of ether oxygens (including phenoxy) is 2. The average molecular weight is 295 g/mol. The highest BCUT2D eigenvalue weighted by atomic mass is 16.5. The van der Waals surface area contributed by atoms with E-state index in [1.54, 1.807) is 12.1 Å². The first-order valence-electron chi connectivity index (χ1n) is 7.25. The van der Waals surface area contributed by atoms with E-state index in [2.05, 4.69) is 5.32 Å². The van der Waals surface area contributed by atoms with Gasteiger partial charge in [0.15, 0.2) is 5.54 Å². The fourth-order valence-corrected chi connectivity index (χ4v) is 2.16. The van der Waals surface area contributed by atoms with Gasteiger partial charge < -0.3 is 14.6 Å². The van der Waals surface area contributed by atoms with Gasteiger partial charge in [-0.1, -0.05) is 30.3 Å². The van der Waals surface area contributed by atoms with Crippen LogP contribution in [0.2, 0.25) is 0 Å². The Hall–Kier alpha value is -1.43. The van der Waals surface area contributed by atoms with Crippen LogP contribution in [0, 0.1) is 0 Å². The lowest BCUT2D eigenvalue weighted by atomic mass is 9.90. The maximum atomic E-state index is 11.9. The minimum absolute atomic E-state index is 0.0109. The van der Waals surface area contributed by atoms with Crippen molar-refractivity contribution in [3.8, 4) is 0 Å². The summed E-state index contributed by atoms with van der Waals surface area (Å²) in [5.41, 5.74) is -0.565. The van der Waals surface area contributed by atoms with Crippen molar-refractivity contribution in [1.82, 2.24) is 5.32 Å². The third-order valence-corrected chi connectivity index (χ3v) is 3.06. The smallest absolute Gasteiger partial charge is 0.331 e. The monoisotopic (exact) mass is 295 g/mol. The Kier molecular flexibility index (Phi) is 7.36. The summed E-state index contributed by atoms with van der Waals surface area (Å²) in [7, 11) is 0. The maximum Gasteiger partial charge on any atom is 0.331 e. The molecule has 0 heterocycles. The molecule has 1 unspecified atom stereocenters. The number of rotatable bonds is 10. The molecular weight excluding hydrogens is 270 g/mol. The van der Waals surface area contributed by atoms with E-state index in [0.29, 0.717) is 25.4 Å². The van der Waals surface area contributed by atoms with E-state index in [4.69, 9.17) is 9.47 Å². The zero-order valence-electron chi connectivity index (χ0n) is 13.0. The van der Waals surface area contributed by atoms with Gasteiger partial charge in [-0.05, 0) is 26.3 Å². The molecule has 0 aliphatic carbocycles. The third-order valence-electron chi connectivity index (χ3n) is 3.06. The first-order valence-corrected chi connectivity index (χ1v) is 7.25. The number of nitrogens with one attached hydrogen (secondary N) is 1. The number of hydrogen-bond acceptors (Lipinski definition) is 4. The molecule has 1 atom stereocenters. The van der Waals surface area contributed by atoms with Crippen molar-refractivity contribution in [2.24, 2.45) is 0 Å². The molecule has 0 aromatic heterocycles. The van der Waals surface area contributed by atoms with E-state index < -0.39 is 11.5 Å². The van der Waals surface area contributed by atoms with E-state index in [1.165, 1.54) is 0 Å². The summed E-state index contributed by atoms with van der Waals surface area (Å²) in [6.07, 6.45) is 0. The van der Waals surface area contributed by atoms with Crippen molar-refractivity contribution in [2.45, 2.75) is 32.4 Å². The Bertz CT molecular complexity index is 422. The minimum atomic E-state index is -1.25. The molecule has 118 valence electrons. The van der Waals surface area contributed by atoms with Crippen LogP contribution in [0.1, 0.15) is 26.3 Å². The zero-order valence-corrected chi connectivity index (χ0v) is 13.0. The van der Waals surface area contributed by atoms with Gasteiger partial charge >= 0.3 is 5.97 Å². The van der Waals surface area contributed by atoms with E-state index >= 15 is 0 Å². The lowest BCUT2D eigenvalue weighted by Crippen LogP contribution is -2.55. The molecule has 0 spiro atoms. The Balaban J connectivity index is 2.89. The Labute approximate surface area is 126 Å². The van der Waals surface area contributed by atoms with Gasteiger partial charge in [-0.15, -0.1) is 0 Å². The second-order valence-corrected chi connectivity index (χ2v) is 5.13. The van der Waals surface area contributed by atoms with Crippen molar-refractivity contribution >= 4 is 5.97 Å². The molecule has 0 radical (unpaired) electrons.